The Bertz CT molecular complexity index is 672. The molecule has 0 atom stereocenters. The van der Waals surface area contributed by atoms with Gasteiger partial charge in [-0.3, -0.25) is 4.79 Å². The molecule has 106 valence electrons. The van der Waals surface area contributed by atoms with E-state index in [0.29, 0.717) is 0 Å². The molecule has 0 aliphatic heterocycles. The molecule has 0 fully saturated rings. The van der Waals surface area contributed by atoms with Crippen LogP contribution < -0.4 is 15.0 Å². The Morgan fingerprint density at radius 3 is 2.55 bits per heavy atom. The van der Waals surface area contributed by atoms with E-state index in [0.717, 1.165) is 18.2 Å². The van der Waals surface area contributed by atoms with Crippen molar-refractivity contribution in [2.24, 2.45) is 0 Å². The Morgan fingerprint density at radius 2 is 1.95 bits per heavy atom. The summed E-state index contributed by atoms with van der Waals surface area (Å²) < 4.78 is 45.0. The fraction of sp³-hybridized carbons (Fsp3) is 0.0909. The predicted octanol–water partition coefficient (Wildman–Crippen LogP) is 3.11. The van der Waals surface area contributed by atoms with Crippen LogP contribution in [0.4, 0.5) is 13.2 Å². The Kier molecular flexibility index (Phi) is 3.84. The van der Waals surface area contributed by atoms with Crippen LogP contribution in [0.15, 0.2) is 35.3 Å². The van der Waals surface area contributed by atoms with E-state index in [4.69, 9.17) is 16.3 Å². The van der Waals surface area contributed by atoms with Gasteiger partial charge in [0.1, 0.15) is 11.5 Å². The number of H-pyrrole nitrogens is 1. The number of ether oxygens (including phenoxy) is 2. The van der Waals surface area contributed by atoms with E-state index in [1.54, 1.807) is 0 Å². The number of alkyl halides is 3. The third-order valence-corrected chi connectivity index (χ3v) is 2.30. The number of halogens is 4. The lowest BCUT2D eigenvalue weighted by Gasteiger charge is -2.11. The van der Waals surface area contributed by atoms with E-state index in [-0.39, 0.29) is 16.5 Å². The zero-order chi connectivity index (χ0) is 14.8. The fourth-order valence-electron chi connectivity index (χ4n) is 1.30. The highest BCUT2D eigenvalue weighted by Crippen LogP contribution is 2.33. The lowest BCUT2D eigenvalue weighted by molar-refractivity contribution is -0.274. The van der Waals surface area contributed by atoms with Crippen LogP contribution in [0.5, 0.6) is 17.2 Å². The molecule has 20 heavy (non-hydrogen) atoms. The van der Waals surface area contributed by atoms with Gasteiger partial charge in [-0.05, 0) is 12.1 Å². The number of rotatable bonds is 3. The van der Waals surface area contributed by atoms with Crippen molar-refractivity contribution >= 4 is 11.6 Å². The lowest BCUT2D eigenvalue weighted by Crippen LogP contribution is -2.17. The first kappa shape index (κ1) is 14.2. The van der Waals surface area contributed by atoms with Gasteiger partial charge in [0.05, 0.1) is 11.2 Å². The molecule has 1 aromatic heterocycles. The summed E-state index contributed by atoms with van der Waals surface area (Å²) in [6, 6.07) is 4.29. The van der Waals surface area contributed by atoms with Gasteiger partial charge in [-0.1, -0.05) is 11.6 Å². The van der Waals surface area contributed by atoms with Crippen molar-refractivity contribution in [3.63, 3.8) is 0 Å². The second-order valence-corrected chi connectivity index (χ2v) is 3.93. The van der Waals surface area contributed by atoms with Crippen LogP contribution in [-0.4, -0.2) is 16.6 Å². The maximum atomic E-state index is 12.0. The van der Waals surface area contributed by atoms with E-state index >= 15 is 0 Å². The molecule has 0 amide bonds. The van der Waals surface area contributed by atoms with Gasteiger partial charge in [0, 0.05) is 12.1 Å². The SMILES string of the molecule is O=c1cc(Oc2ccc(OC(F)(F)F)cc2Cl)cn[nH]1. The number of aromatic nitrogens is 2. The van der Waals surface area contributed by atoms with Crippen LogP contribution >= 0.6 is 11.6 Å². The fourth-order valence-corrected chi connectivity index (χ4v) is 1.51. The standard InChI is InChI=1S/C11H6ClF3N2O3/c12-8-3-6(20-11(13,14)15)1-2-9(8)19-7-4-10(18)17-16-5-7/h1-5H,(H,17,18). The molecule has 0 radical (unpaired) electrons. The summed E-state index contributed by atoms with van der Waals surface area (Å²) in [4.78, 5) is 11.0. The van der Waals surface area contributed by atoms with Crippen molar-refractivity contribution in [2.75, 3.05) is 0 Å². The van der Waals surface area contributed by atoms with E-state index < -0.39 is 17.7 Å². The van der Waals surface area contributed by atoms with E-state index in [2.05, 4.69) is 14.9 Å². The van der Waals surface area contributed by atoms with Crippen LogP contribution in [0, 0.1) is 0 Å². The van der Waals surface area contributed by atoms with Gasteiger partial charge in [-0.15, -0.1) is 13.2 Å². The highest BCUT2D eigenvalue weighted by molar-refractivity contribution is 6.32. The lowest BCUT2D eigenvalue weighted by atomic mass is 10.3. The molecular formula is C11H6ClF3N2O3. The third-order valence-electron chi connectivity index (χ3n) is 2.00. The van der Waals surface area contributed by atoms with Crippen molar-refractivity contribution in [3.8, 4) is 17.2 Å². The summed E-state index contributed by atoms with van der Waals surface area (Å²) in [5.41, 5.74) is -0.490. The minimum absolute atomic E-state index is 0.0635. The normalized spacial score (nSPS) is 11.2. The zero-order valence-electron chi connectivity index (χ0n) is 9.57. The van der Waals surface area contributed by atoms with Gasteiger partial charge >= 0.3 is 6.36 Å². The second-order valence-electron chi connectivity index (χ2n) is 3.52. The maximum absolute atomic E-state index is 12.0. The van der Waals surface area contributed by atoms with E-state index in [9.17, 15) is 18.0 Å². The first-order chi connectivity index (χ1) is 9.33. The first-order valence-corrected chi connectivity index (χ1v) is 5.49. The molecule has 0 unspecified atom stereocenters. The molecule has 1 heterocycles. The average Bonchev–Trinajstić information content (AvgIpc) is 2.31. The highest BCUT2D eigenvalue weighted by Gasteiger charge is 2.31. The van der Waals surface area contributed by atoms with Crippen molar-refractivity contribution in [1.29, 1.82) is 0 Å². The van der Waals surface area contributed by atoms with Gasteiger partial charge in [0.25, 0.3) is 5.56 Å². The minimum Gasteiger partial charge on any atom is -0.454 e. The number of hydrogen-bond acceptors (Lipinski definition) is 4. The number of aromatic amines is 1. The van der Waals surface area contributed by atoms with Gasteiger partial charge in [0.15, 0.2) is 5.75 Å². The topological polar surface area (TPSA) is 64.2 Å². The van der Waals surface area contributed by atoms with Crippen LogP contribution in [0.1, 0.15) is 0 Å². The number of hydrogen-bond donors (Lipinski definition) is 1. The van der Waals surface area contributed by atoms with Gasteiger partial charge < -0.3 is 9.47 Å². The first-order valence-electron chi connectivity index (χ1n) is 5.11. The Balaban J connectivity index is 2.20. The van der Waals surface area contributed by atoms with Crippen LogP contribution in [0.2, 0.25) is 5.02 Å². The van der Waals surface area contributed by atoms with E-state index in [1.807, 2.05) is 0 Å². The maximum Gasteiger partial charge on any atom is 0.573 e. The molecule has 2 rings (SSSR count). The average molecular weight is 307 g/mol. The highest BCUT2D eigenvalue weighted by atomic mass is 35.5. The Morgan fingerprint density at radius 1 is 1.20 bits per heavy atom. The largest absolute Gasteiger partial charge is 0.573 e. The van der Waals surface area contributed by atoms with Crippen molar-refractivity contribution < 1.29 is 22.6 Å². The summed E-state index contributed by atoms with van der Waals surface area (Å²) in [7, 11) is 0. The molecular weight excluding hydrogens is 301 g/mol. The molecule has 0 saturated carbocycles. The van der Waals surface area contributed by atoms with Crippen LogP contribution in [0.3, 0.4) is 0 Å². The predicted molar refractivity (Wildman–Crippen MR) is 63.1 cm³/mol. The molecule has 1 N–H and O–H groups in total. The van der Waals surface area contributed by atoms with Crippen molar-refractivity contribution in [1.82, 2.24) is 10.2 Å². The smallest absolute Gasteiger partial charge is 0.454 e. The van der Waals surface area contributed by atoms with E-state index in [1.165, 1.54) is 12.3 Å². The number of nitrogens with one attached hydrogen (secondary N) is 1. The minimum atomic E-state index is -4.80. The summed E-state index contributed by atoms with van der Waals surface area (Å²) >= 11 is 5.77. The zero-order valence-corrected chi connectivity index (χ0v) is 10.3. The molecule has 2 aromatic rings. The summed E-state index contributed by atoms with van der Waals surface area (Å²) in [6.45, 7) is 0. The van der Waals surface area contributed by atoms with Crippen molar-refractivity contribution in [2.45, 2.75) is 6.36 Å². The summed E-state index contributed by atoms with van der Waals surface area (Å²) in [5, 5.41) is 5.54. The number of benzene rings is 1. The summed E-state index contributed by atoms with van der Waals surface area (Å²) in [6.07, 6.45) is -3.58. The van der Waals surface area contributed by atoms with Crippen LogP contribution in [-0.2, 0) is 0 Å². The van der Waals surface area contributed by atoms with Gasteiger partial charge in [-0.25, -0.2) is 5.10 Å². The Labute approximate surface area is 114 Å². The molecule has 9 heteroatoms. The van der Waals surface area contributed by atoms with Crippen LogP contribution in [0.25, 0.3) is 0 Å². The molecule has 0 aliphatic rings. The quantitative estimate of drug-likeness (QED) is 0.946. The molecule has 0 saturated heterocycles. The third kappa shape index (κ3) is 3.89. The molecule has 1 aromatic carbocycles. The molecule has 0 spiro atoms. The van der Waals surface area contributed by atoms with Gasteiger partial charge in [-0.2, -0.15) is 5.10 Å². The molecule has 0 aliphatic carbocycles. The Hall–Kier alpha value is -2.22. The van der Waals surface area contributed by atoms with Gasteiger partial charge in [0.2, 0.25) is 0 Å². The van der Waals surface area contributed by atoms with Crippen molar-refractivity contribution in [3.05, 3.63) is 45.8 Å². The monoisotopic (exact) mass is 306 g/mol. The molecule has 0 bridgehead atoms. The molecule has 5 nitrogen and oxygen atoms in total. The second kappa shape index (κ2) is 5.41. The summed E-state index contributed by atoms with van der Waals surface area (Å²) in [5.74, 6) is -0.312. The number of nitrogens with zero attached hydrogens (tertiary/aromatic N) is 1.